The monoisotopic (exact) mass is 526 g/mol. The molecule has 0 spiro atoms. The largest absolute Gasteiger partial charge is 1.00 e. The van der Waals surface area contributed by atoms with Crippen molar-refractivity contribution in [3.63, 3.8) is 0 Å². The van der Waals surface area contributed by atoms with E-state index in [4.69, 9.17) is 0 Å². The quantitative estimate of drug-likeness (QED) is 0.254. The average molecular weight is 527 g/mol. The third-order valence-corrected chi connectivity index (χ3v) is 8.11. The number of anilines is 1. The van der Waals surface area contributed by atoms with Crippen molar-refractivity contribution < 1.29 is 17.0 Å². The maximum atomic E-state index is 2.52. The van der Waals surface area contributed by atoms with Crippen LogP contribution in [0.5, 0.6) is 0 Å². The van der Waals surface area contributed by atoms with Crippen molar-refractivity contribution >= 4 is 39.3 Å². The van der Waals surface area contributed by atoms with Crippen molar-refractivity contribution in [3.05, 3.63) is 82.9 Å². The van der Waals surface area contributed by atoms with E-state index in [2.05, 4.69) is 132 Å². The molecule has 0 atom stereocenters. The minimum Gasteiger partial charge on any atom is -1.00 e. The first kappa shape index (κ1) is 28.2. The Morgan fingerprint density at radius 3 is 1.66 bits per heavy atom. The molecule has 2 nitrogen and oxygen atoms in total. The third kappa shape index (κ3) is 5.08. The molecule has 0 radical (unpaired) electrons. The second kappa shape index (κ2) is 11.1. The van der Waals surface area contributed by atoms with Gasteiger partial charge in [-0.3, -0.25) is 0 Å². The standard InChI is InChI=1S/C35H43N2.ClH/c1-22(2)28-11-9-26-13-15-30(24(5)6)34(32(26)19-28)36-17-18-37(21-36)35-31(25(7)8)16-14-27-10-12-29(23(3)4)20-33(27)35;/h9-16,19-25H,17-18H2,1-8H3;1H/q+1;/p-1. The molecular weight excluding hydrogens is 484 g/mol. The molecule has 0 saturated carbocycles. The molecule has 0 unspecified atom stereocenters. The van der Waals surface area contributed by atoms with Crippen molar-refractivity contribution in [1.29, 1.82) is 0 Å². The van der Waals surface area contributed by atoms with E-state index in [1.807, 2.05) is 0 Å². The normalized spacial score (nSPS) is 13.9. The summed E-state index contributed by atoms with van der Waals surface area (Å²) in [5, 5.41) is 5.40. The molecular formula is C35H43ClN2. The highest BCUT2D eigenvalue weighted by atomic mass is 35.5. The van der Waals surface area contributed by atoms with Crippen molar-refractivity contribution in [2.75, 3.05) is 18.0 Å². The van der Waals surface area contributed by atoms with Gasteiger partial charge < -0.3 is 12.4 Å². The van der Waals surface area contributed by atoms with Gasteiger partial charge in [-0.25, -0.2) is 9.48 Å². The molecule has 4 aromatic rings. The summed E-state index contributed by atoms with van der Waals surface area (Å²) in [6, 6.07) is 23.4. The lowest BCUT2D eigenvalue weighted by molar-refractivity contribution is -0.423. The molecule has 1 heterocycles. The number of rotatable bonds is 6. The summed E-state index contributed by atoms with van der Waals surface area (Å²) >= 11 is 0. The highest BCUT2D eigenvalue weighted by Crippen LogP contribution is 2.40. The highest BCUT2D eigenvalue weighted by Gasteiger charge is 2.30. The van der Waals surface area contributed by atoms with Crippen LogP contribution in [0.15, 0.2) is 60.7 Å². The zero-order valence-electron chi connectivity index (χ0n) is 24.3. The Hall–Kier alpha value is -2.84. The number of nitrogens with zero attached hydrogens (tertiary/aromatic N) is 2. The van der Waals surface area contributed by atoms with Crippen LogP contribution in [-0.2, 0) is 0 Å². The maximum absolute atomic E-state index is 2.52. The van der Waals surface area contributed by atoms with Crippen LogP contribution >= 0.6 is 0 Å². The summed E-state index contributed by atoms with van der Waals surface area (Å²) < 4.78 is 2.52. The van der Waals surface area contributed by atoms with Crippen LogP contribution in [0.1, 0.15) is 101 Å². The topological polar surface area (TPSA) is 6.25 Å². The fourth-order valence-corrected chi connectivity index (χ4v) is 5.81. The summed E-state index contributed by atoms with van der Waals surface area (Å²) in [6.07, 6.45) is 2.39. The van der Waals surface area contributed by atoms with Gasteiger partial charge in [0.25, 0.3) is 0 Å². The van der Waals surface area contributed by atoms with Crippen molar-refractivity contribution in [1.82, 2.24) is 0 Å². The Balaban J connectivity index is 0.00000336. The Bertz CT molecular complexity index is 1480. The highest BCUT2D eigenvalue weighted by molar-refractivity contribution is 6.02. The van der Waals surface area contributed by atoms with Gasteiger partial charge in [-0.15, -0.1) is 0 Å². The van der Waals surface area contributed by atoms with Crippen LogP contribution in [-0.4, -0.2) is 24.0 Å². The average Bonchev–Trinajstić information content (AvgIpc) is 3.35. The van der Waals surface area contributed by atoms with Gasteiger partial charge in [-0.2, -0.15) is 0 Å². The molecule has 1 aliphatic rings. The van der Waals surface area contributed by atoms with E-state index in [0.717, 1.165) is 13.1 Å². The molecule has 4 aromatic carbocycles. The smallest absolute Gasteiger partial charge is 0.244 e. The van der Waals surface area contributed by atoms with Crippen LogP contribution in [0.3, 0.4) is 0 Å². The predicted molar refractivity (Wildman–Crippen MR) is 162 cm³/mol. The van der Waals surface area contributed by atoms with E-state index in [9.17, 15) is 0 Å². The van der Waals surface area contributed by atoms with Gasteiger partial charge in [0.1, 0.15) is 24.5 Å². The molecule has 0 saturated heterocycles. The molecule has 1 aliphatic heterocycles. The molecule has 0 fully saturated rings. The first-order valence-corrected chi connectivity index (χ1v) is 14.2. The first-order chi connectivity index (χ1) is 17.7. The Labute approximate surface area is 235 Å². The van der Waals surface area contributed by atoms with Gasteiger partial charge in [0, 0.05) is 21.9 Å². The molecule has 5 rings (SSSR count). The number of benzene rings is 4. The molecule has 3 heteroatoms. The van der Waals surface area contributed by atoms with Crippen LogP contribution < -0.4 is 17.3 Å². The molecule has 0 bridgehead atoms. The van der Waals surface area contributed by atoms with Gasteiger partial charge in [0.15, 0.2) is 0 Å². The van der Waals surface area contributed by atoms with E-state index < -0.39 is 0 Å². The summed E-state index contributed by atoms with van der Waals surface area (Å²) in [5.74, 6) is 1.95. The van der Waals surface area contributed by atoms with E-state index in [1.54, 1.807) is 0 Å². The van der Waals surface area contributed by atoms with Crippen LogP contribution in [0.2, 0.25) is 0 Å². The number of fused-ring (bicyclic) bond motifs is 2. The third-order valence-electron chi connectivity index (χ3n) is 8.11. The van der Waals surface area contributed by atoms with Crippen LogP contribution in [0.25, 0.3) is 21.5 Å². The van der Waals surface area contributed by atoms with Crippen molar-refractivity contribution in [2.45, 2.75) is 79.1 Å². The summed E-state index contributed by atoms with van der Waals surface area (Å²) in [4.78, 5) is 2.52. The van der Waals surface area contributed by atoms with Crippen molar-refractivity contribution in [2.24, 2.45) is 0 Å². The fraction of sp³-hybridized carbons (Fsp3) is 0.400. The summed E-state index contributed by atoms with van der Waals surface area (Å²) in [7, 11) is 0. The van der Waals surface area contributed by atoms with E-state index in [0.29, 0.717) is 23.7 Å². The van der Waals surface area contributed by atoms with Crippen molar-refractivity contribution in [3.8, 4) is 0 Å². The molecule has 200 valence electrons. The van der Waals surface area contributed by atoms with Gasteiger partial charge >= 0.3 is 0 Å². The molecule has 0 amide bonds. The van der Waals surface area contributed by atoms with E-state index >= 15 is 0 Å². The lowest BCUT2D eigenvalue weighted by Crippen LogP contribution is -3.00. The zero-order chi connectivity index (χ0) is 26.4. The first-order valence-electron chi connectivity index (χ1n) is 14.2. The lowest BCUT2D eigenvalue weighted by atomic mass is 9.92. The van der Waals surface area contributed by atoms with Gasteiger partial charge in [0.2, 0.25) is 6.34 Å². The fourth-order valence-electron chi connectivity index (χ4n) is 5.81. The van der Waals surface area contributed by atoms with E-state index in [-0.39, 0.29) is 12.4 Å². The Morgan fingerprint density at radius 1 is 0.605 bits per heavy atom. The SMILES string of the molecule is CC(C)c1ccc2ccc(C(C)C)c(N3C=[N+](c4c(C(C)C)ccc5ccc(C(C)C)cc45)CC3)c2c1.[Cl-]. The predicted octanol–water partition coefficient (Wildman–Crippen LogP) is 6.68. The van der Waals surface area contributed by atoms with E-state index in [1.165, 1.54) is 55.2 Å². The van der Waals surface area contributed by atoms with Crippen LogP contribution in [0, 0.1) is 0 Å². The zero-order valence-corrected chi connectivity index (χ0v) is 25.1. The summed E-state index contributed by atoms with van der Waals surface area (Å²) in [5.41, 5.74) is 8.43. The Morgan fingerprint density at radius 2 is 1.11 bits per heavy atom. The van der Waals surface area contributed by atoms with Crippen LogP contribution in [0.4, 0.5) is 11.4 Å². The number of hydrogen-bond donors (Lipinski definition) is 0. The second-order valence-electron chi connectivity index (χ2n) is 12.1. The number of hydrogen-bond acceptors (Lipinski definition) is 1. The molecule has 0 aromatic heterocycles. The molecule has 38 heavy (non-hydrogen) atoms. The van der Waals surface area contributed by atoms with Gasteiger partial charge in [-0.05, 0) is 57.7 Å². The minimum atomic E-state index is 0. The van der Waals surface area contributed by atoms with Gasteiger partial charge in [-0.1, -0.05) is 104 Å². The van der Waals surface area contributed by atoms with Gasteiger partial charge in [0.05, 0.1) is 0 Å². The maximum Gasteiger partial charge on any atom is 0.244 e. The second-order valence-corrected chi connectivity index (χ2v) is 12.1. The molecule has 0 N–H and O–H groups in total. The number of halogens is 1. The Kier molecular flexibility index (Phi) is 8.23. The minimum absolute atomic E-state index is 0. The molecule has 0 aliphatic carbocycles. The summed E-state index contributed by atoms with van der Waals surface area (Å²) in [6.45, 7) is 20.4. The lowest BCUT2D eigenvalue weighted by Gasteiger charge is -2.19.